The van der Waals surface area contributed by atoms with E-state index >= 15 is 0 Å². The Labute approximate surface area is 109 Å². The first-order chi connectivity index (χ1) is 7.95. The van der Waals surface area contributed by atoms with E-state index in [1.807, 2.05) is 6.92 Å². The number of hydrogen-bond acceptors (Lipinski definition) is 3. The zero-order valence-corrected chi connectivity index (χ0v) is 11.4. The van der Waals surface area contributed by atoms with E-state index in [2.05, 4.69) is 15.9 Å². The van der Waals surface area contributed by atoms with Crippen LogP contribution in [0, 0.1) is 0 Å². The van der Waals surface area contributed by atoms with Crippen LogP contribution in [0.1, 0.15) is 31.9 Å². The lowest BCUT2D eigenvalue weighted by Crippen LogP contribution is -2.33. The molecule has 1 aromatic carbocycles. The molecule has 2 unspecified atom stereocenters. The van der Waals surface area contributed by atoms with Gasteiger partial charge in [-0.05, 0) is 31.5 Å². The van der Waals surface area contributed by atoms with Gasteiger partial charge in [-0.25, -0.2) is 0 Å². The fourth-order valence-corrected chi connectivity index (χ4v) is 1.83. The molecule has 0 saturated heterocycles. The van der Waals surface area contributed by atoms with Crippen LogP contribution in [0.25, 0.3) is 0 Å². The maximum Gasteiger partial charge on any atom is 0.258 e. The number of halogens is 1. The van der Waals surface area contributed by atoms with Gasteiger partial charge in [-0.3, -0.25) is 4.79 Å². The van der Waals surface area contributed by atoms with Crippen molar-refractivity contribution in [2.45, 2.75) is 32.5 Å². The summed E-state index contributed by atoms with van der Waals surface area (Å²) in [4.78, 5) is 11.1. The monoisotopic (exact) mass is 301 g/mol. The van der Waals surface area contributed by atoms with Crippen LogP contribution >= 0.6 is 15.9 Å². The van der Waals surface area contributed by atoms with Crippen molar-refractivity contribution >= 4 is 21.8 Å². The molecule has 4 nitrogen and oxygen atoms in total. The molecular weight excluding hydrogens is 286 g/mol. The van der Waals surface area contributed by atoms with Crippen molar-refractivity contribution in [3.05, 3.63) is 28.2 Å². The number of hydrogen-bond donors (Lipinski definition) is 2. The number of nitrogens with two attached hydrogens (primary N) is 1. The largest absolute Gasteiger partial charge is 0.480 e. The summed E-state index contributed by atoms with van der Waals surface area (Å²) in [5.41, 5.74) is 5.84. The molecule has 1 amide bonds. The van der Waals surface area contributed by atoms with E-state index < -0.39 is 18.1 Å². The van der Waals surface area contributed by atoms with E-state index in [4.69, 9.17) is 10.5 Å². The Morgan fingerprint density at radius 1 is 1.59 bits per heavy atom. The van der Waals surface area contributed by atoms with Gasteiger partial charge in [0.15, 0.2) is 6.10 Å². The second kappa shape index (κ2) is 6.02. The Bertz CT molecular complexity index is 407. The van der Waals surface area contributed by atoms with E-state index in [0.717, 1.165) is 4.47 Å². The fourth-order valence-electron chi connectivity index (χ4n) is 1.45. The van der Waals surface area contributed by atoms with Gasteiger partial charge in [-0.15, -0.1) is 0 Å². The standard InChI is InChI=1S/C12H16BrNO3/c1-3-10(12(14)16)17-11-5-4-8(13)6-9(11)7(2)15/h4-7,10,15H,3H2,1-2H3,(H2,14,16). The number of carbonyl (C=O) groups is 1. The molecule has 17 heavy (non-hydrogen) atoms. The molecule has 0 radical (unpaired) electrons. The van der Waals surface area contributed by atoms with E-state index in [0.29, 0.717) is 17.7 Å². The molecule has 0 aliphatic heterocycles. The number of aliphatic hydroxyl groups is 1. The van der Waals surface area contributed by atoms with Gasteiger partial charge in [0, 0.05) is 10.0 Å². The zero-order chi connectivity index (χ0) is 13.0. The Morgan fingerprint density at radius 2 is 2.24 bits per heavy atom. The van der Waals surface area contributed by atoms with Crippen molar-refractivity contribution in [1.82, 2.24) is 0 Å². The van der Waals surface area contributed by atoms with Gasteiger partial charge in [0.1, 0.15) is 5.75 Å². The summed E-state index contributed by atoms with van der Waals surface area (Å²) in [6.45, 7) is 3.45. The molecule has 0 spiro atoms. The minimum absolute atomic E-state index is 0.480. The Morgan fingerprint density at radius 3 is 2.71 bits per heavy atom. The van der Waals surface area contributed by atoms with Crippen molar-refractivity contribution < 1.29 is 14.6 Å². The van der Waals surface area contributed by atoms with Crippen LogP contribution in [0.4, 0.5) is 0 Å². The number of ether oxygens (including phenoxy) is 1. The molecular formula is C12H16BrNO3. The lowest BCUT2D eigenvalue weighted by molar-refractivity contribution is -0.124. The average molecular weight is 302 g/mol. The van der Waals surface area contributed by atoms with Gasteiger partial charge < -0.3 is 15.6 Å². The van der Waals surface area contributed by atoms with Crippen molar-refractivity contribution in [2.24, 2.45) is 5.73 Å². The minimum atomic E-state index is -0.673. The van der Waals surface area contributed by atoms with Crippen molar-refractivity contribution in [2.75, 3.05) is 0 Å². The SMILES string of the molecule is CCC(Oc1ccc(Br)cc1C(C)O)C(N)=O. The van der Waals surface area contributed by atoms with Gasteiger partial charge in [0.2, 0.25) is 0 Å². The number of amides is 1. The highest BCUT2D eigenvalue weighted by atomic mass is 79.9. The fraction of sp³-hybridized carbons (Fsp3) is 0.417. The Kier molecular flexibility index (Phi) is 4.96. The normalized spacial score (nSPS) is 14.1. The molecule has 2 atom stereocenters. The number of benzene rings is 1. The van der Waals surface area contributed by atoms with Crippen molar-refractivity contribution in [3.8, 4) is 5.75 Å². The lowest BCUT2D eigenvalue weighted by Gasteiger charge is -2.18. The molecule has 3 N–H and O–H groups in total. The van der Waals surface area contributed by atoms with Crippen LogP contribution in [0.3, 0.4) is 0 Å². The first-order valence-electron chi connectivity index (χ1n) is 5.39. The summed E-state index contributed by atoms with van der Waals surface area (Å²) in [6, 6.07) is 5.25. The molecule has 5 heteroatoms. The molecule has 1 rings (SSSR count). The predicted molar refractivity (Wildman–Crippen MR) is 68.7 cm³/mol. The zero-order valence-electron chi connectivity index (χ0n) is 9.81. The van der Waals surface area contributed by atoms with Crippen molar-refractivity contribution in [3.63, 3.8) is 0 Å². The van der Waals surface area contributed by atoms with E-state index in [-0.39, 0.29) is 0 Å². The maximum absolute atomic E-state index is 11.1. The molecule has 0 aliphatic carbocycles. The first kappa shape index (κ1) is 14.0. The topological polar surface area (TPSA) is 72.6 Å². The second-order valence-electron chi connectivity index (χ2n) is 3.78. The average Bonchev–Trinajstić information content (AvgIpc) is 2.26. The van der Waals surface area contributed by atoms with Crippen LogP contribution in [0.15, 0.2) is 22.7 Å². The molecule has 1 aromatic rings. The van der Waals surface area contributed by atoms with Crippen LogP contribution in [0.5, 0.6) is 5.75 Å². The highest BCUT2D eigenvalue weighted by Gasteiger charge is 2.18. The smallest absolute Gasteiger partial charge is 0.258 e. The molecule has 0 aliphatic rings. The van der Waals surface area contributed by atoms with Crippen LogP contribution in [0.2, 0.25) is 0 Å². The summed E-state index contributed by atoms with van der Waals surface area (Å²) in [6.07, 6.45) is -0.855. The Hall–Kier alpha value is -1.07. The van der Waals surface area contributed by atoms with Gasteiger partial charge in [0.25, 0.3) is 5.91 Å². The summed E-state index contributed by atoms with van der Waals surface area (Å²) in [5.74, 6) is -0.0270. The number of primary amides is 1. The second-order valence-corrected chi connectivity index (χ2v) is 4.69. The minimum Gasteiger partial charge on any atom is -0.480 e. The number of aliphatic hydroxyl groups excluding tert-OH is 1. The molecule has 0 bridgehead atoms. The highest BCUT2D eigenvalue weighted by Crippen LogP contribution is 2.29. The van der Waals surface area contributed by atoms with Gasteiger partial charge >= 0.3 is 0 Å². The summed E-state index contributed by atoms with van der Waals surface area (Å²) in [5, 5.41) is 9.64. The number of carbonyl (C=O) groups excluding carboxylic acids is 1. The van der Waals surface area contributed by atoms with Gasteiger partial charge in [-0.1, -0.05) is 22.9 Å². The van der Waals surface area contributed by atoms with E-state index in [9.17, 15) is 9.90 Å². The van der Waals surface area contributed by atoms with E-state index in [1.54, 1.807) is 25.1 Å². The Balaban J connectivity index is 3.01. The quantitative estimate of drug-likeness (QED) is 0.875. The summed E-state index contributed by atoms with van der Waals surface area (Å²) >= 11 is 3.32. The summed E-state index contributed by atoms with van der Waals surface area (Å²) in [7, 11) is 0. The third kappa shape index (κ3) is 3.71. The molecule has 94 valence electrons. The predicted octanol–water partition coefficient (Wildman–Crippen LogP) is 2.15. The molecule has 0 fully saturated rings. The molecule has 0 saturated carbocycles. The van der Waals surface area contributed by atoms with Crippen LogP contribution < -0.4 is 10.5 Å². The molecule has 0 heterocycles. The summed E-state index contributed by atoms with van der Waals surface area (Å²) < 4.78 is 6.36. The van der Waals surface area contributed by atoms with Crippen LogP contribution in [-0.2, 0) is 4.79 Å². The number of rotatable bonds is 5. The third-order valence-electron chi connectivity index (χ3n) is 2.38. The maximum atomic E-state index is 11.1. The first-order valence-corrected chi connectivity index (χ1v) is 6.18. The molecule has 0 aromatic heterocycles. The van der Waals surface area contributed by atoms with Gasteiger partial charge in [0.05, 0.1) is 6.10 Å². The van der Waals surface area contributed by atoms with Crippen molar-refractivity contribution in [1.29, 1.82) is 0 Å². The van der Waals surface area contributed by atoms with E-state index in [1.165, 1.54) is 0 Å². The highest BCUT2D eigenvalue weighted by molar-refractivity contribution is 9.10. The lowest BCUT2D eigenvalue weighted by atomic mass is 10.1. The van der Waals surface area contributed by atoms with Crippen LogP contribution in [-0.4, -0.2) is 17.1 Å². The van der Waals surface area contributed by atoms with Gasteiger partial charge in [-0.2, -0.15) is 0 Å². The third-order valence-corrected chi connectivity index (χ3v) is 2.87.